The number of nitrogens with one attached hydrogen (secondary N) is 5. The van der Waals surface area contributed by atoms with Gasteiger partial charge in [-0.25, -0.2) is 4.39 Å². The lowest BCUT2D eigenvalue weighted by Gasteiger charge is -2.19. The molecule has 10 nitrogen and oxygen atoms in total. The first-order valence-electron chi connectivity index (χ1n) is 32.3. The number of aromatic amines is 5. The van der Waals surface area contributed by atoms with Gasteiger partial charge in [-0.05, 0) is 225 Å². The van der Waals surface area contributed by atoms with Crippen molar-refractivity contribution in [3.63, 3.8) is 0 Å². The number of halogens is 1. The second-order valence-corrected chi connectivity index (χ2v) is 29.0. The molecule has 5 aliphatic carbocycles. The van der Waals surface area contributed by atoms with Crippen LogP contribution in [0.5, 0.6) is 0 Å². The fraction of sp³-hybridized carbons (Fsp3) is 0.333. The molecule has 5 aromatic heterocycles. The summed E-state index contributed by atoms with van der Waals surface area (Å²) < 4.78 is 15.1. The smallest absolute Gasteiger partial charge is 0.305 e. The van der Waals surface area contributed by atoms with Crippen molar-refractivity contribution in [3.8, 4) is 0 Å². The quantitative estimate of drug-likeness (QED) is 0.0936. The van der Waals surface area contributed by atoms with Crippen molar-refractivity contribution in [3.05, 3.63) is 226 Å². The van der Waals surface area contributed by atoms with Crippen LogP contribution in [-0.2, 0) is 37.7 Å². The average molecular weight is 1250 g/mol. The normalized spacial score (nSPS) is 14.3. The monoisotopic (exact) mass is 1250 g/mol. The molecular weight excluding hydrogens is 1170 g/mol. The molecule has 0 bridgehead atoms. The van der Waals surface area contributed by atoms with E-state index in [1.165, 1.54) is 129 Å². The second kappa shape index (κ2) is 26.5. The van der Waals surface area contributed by atoms with Crippen molar-refractivity contribution in [1.82, 2.24) is 35.3 Å². The molecule has 0 aliphatic heterocycles. The van der Waals surface area contributed by atoms with Gasteiger partial charge in [0.2, 0.25) is 0 Å². The zero-order chi connectivity index (χ0) is 64.7. The van der Waals surface area contributed by atoms with E-state index in [4.69, 9.17) is 0 Å². The average Bonchev–Trinajstić information content (AvgIpc) is 1.73. The molecule has 0 unspecified atom stereocenters. The van der Waals surface area contributed by atoms with Gasteiger partial charge in [-0.15, -0.1) is 0 Å². The molecule has 0 fully saturated rings. The van der Waals surface area contributed by atoms with E-state index in [-0.39, 0.29) is 15.6 Å². The highest BCUT2D eigenvalue weighted by molar-refractivity contribution is 7.17. The van der Waals surface area contributed by atoms with E-state index in [0.29, 0.717) is 35.5 Å². The Morgan fingerprint density at radius 2 is 0.978 bits per heavy atom. The Kier molecular flexibility index (Phi) is 18.8. The summed E-state index contributed by atoms with van der Waals surface area (Å²) >= 11 is 2.62. The molecule has 6 aromatic carbocycles. The van der Waals surface area contributed by atoms with Gasteiger partial charge in [-0.3, -0.25) is 19.8 Å². The summed E-state index contributed by atoms with van der Waals surface area (Å²) in [5, 5.41) is 27.7. The number of aromatic nitrogens is 7. The van der Waals surface area contributed by atoms with Gasteiger partial charge in [-0.1, -0.05) is 166 Å². The maximum Gasteiger partial charge on any atom is 0.305 e. The summed E-state index contributed by atoms with van der Waals surface area (Å²) in [6.07, 6.45) is 22.5. The second-order valence-electron chi connectivity index (χ2n) is 27.0. The zero-order valence-corrected chi connectivity index (χ0v) is 56.7. The summed E-state index contributed by atoms with van der Waals surface area (Å²) in [7, 11) is 0. The van der Waals surface area contributed by atoms with Crippen LogP contribution in [0.1, 0.15) is 170 Å². The molecule has 0 spiro atoms. The molecule has 0 atom stereocenters. The van der Waals surface area contributed by atoms with Gasteiger partial charge in [0.1, 0.15) is 5.82 Å². The Morgan fingerprint density at radius 1 is 0.473 bits per heavy atom. The lowest BCUT2D eigenvalue weighted by atomic mass is 9.91. The Balaban J connectivity index is 0.000000112. The van der Waals surface area contributed by atoms with Crippen LogP contribution in [0.2, 0.25) is 0 Å². The molecule has 0 saturated heterocycles. The minimum Gasteiger partial charge on any atom is -0.386 e. The predicted octanol–water partition coefficient (Wildman–Crippen LogP) is 19.6. The first kappa shape index (κ1) is 64.3. The zero-order valence-electron chi connectivity index (χ0n) is 55.1. The molecule has 6 N–H and O–H groups in total. The van der Waals surface area contributed by atoms with Gasteiger partial charge in [0, 0.05) is 33.4 Å². The van der Waals surface area contributed by atoms with Gasteiger partial charge in [0.15, 0.2) is 0 Å². The van der Waals surface area contributed by atoms with E-state index in [0.717, 1.165) is 80.0 Å². The van der Waals surface area contributed by atoms with Crippen LogP contribution < -0.4 is 9.75 Å². The van der Waals surface area contributed by atoms with Gasteiger partial charge < -0.3 is 20.1 Å². The maximum absolute atomic E-state index is 12.9. The molecule has 11 aromatic rings. The number of hydrogen-bond acceptors (Lipinski definition) is 7. The summed E-state index contributed by atoms with van der Waals surface area (Å²) in [5.41, 5.74) is 27.6. The molecule has 0 radical (unpaired) electrons. The largest absolute Gasteiger partial charge is 0.386 e. The highest BCUT2D eigenvalue weighted by Crippen LogP contribution is 2.41. The van der Waals surface area contributed by atoms with Crippen LogP contribution in [-0.4, -0.2) is 40.5 Å². The van der Waals surface area contributed by atoms with Gasteiger partial charge in [0.25, 0.3) is 0 Å². The standard InChI is InChI=1S/C15H20O.2C13H14N2.2C13H13NOS.C11H12FN/c1-10(2)13-7-5-11-9-12(15(3,4)16)6-8-14(11)13;1-8(2)10-5-3-9-4-6-12-11(13(9)10)7-14-15-12;1-8(2)11-4-3-9-5-10-7-14-15-13(10)6-12(9)11;1-7(2)9-5-3-8-4-6-10-12(11(8)9)16-13(15)14-10;1-7(2)9-4-3-8-5-12-11(6-10(8)9)14-13(15)16-12;1-7(2)10-6-13-11-4-3-8(12)5-9(10)11/h6-10,16H,5H2,1-4H3;2*4-8H,3H2,1-2H3,(H,14,15);2*4-7H,3H2,1-2H3,(H,14,15);3-7,13H,1-2H3. The minimum atomic E-state index is -0.740. The van der Waals surface area contributed by atoms with E-state index in [1.807, 2.05) is 44.6 Å². The van der Waals surface area contributed by atoms with Crippen LogP contribution in [0.25, 0.3) is 81.0 Å². The van der Waals surface area contributed by atoms with Crippen LogP contribution in [0.4, 0.5) is 4.39 Å². The van der Waals surface area contributed by atoms with Crippen LogP contribution in [0, 0.1) is 35.4 Å². The maximum atomic E-state index is 12.9. The molecule has 13 heteroatoms. The Bertz CT molecular complexity index is 4810. The fourth-order valence-electron chi connectivity index (χ4n) is 13.4. The number of fused-ring (bicyclic) bond motifs is 12. The van der Waals surface area contributed by atoms with Crippen molar-refractivity contribution in [2.24, 2.45) is 29.6 Å². The number of rotatable bonds is 7. The molecule has 16 rings (SSSR count). The van der Waals surface area contributed by atoms with E-state index in [1.54, 1.807) is 12.1 Å². The third-order valence-electron chi connectivity index (χ3n) is 18.1. The number of benzene rings is 6. The molecule has 5 heterocycles. The van der Waals surface area contributed by atoms with Gasteiger partial charge in [0.05, 0.1) is 49.5 Å². The van der Waals surface area contributed by atoms with Crippen molar-refractivity contribution in [2.45, 2.75) is 141 Å². The molecule has 91 heavy (non-hydrogen) atoms. The van der Waals surface area contributed by atoms with Crippen LogP contribution >= 0.6 is 22.7 Å². The third-order valence-corrected chi connectivity index (χ3v) is 19.9. The van der Waals surface area contributed by atoms with Crippen molar-refractivity contribution in [1.29, 1.82) is 0 Å². The number of nitrogens with zero attached hydrogens (tertiary/aromatic N) is 2. The lowest BCUT2D eigenvalue weighted by Crippen LogP contribution is -2.15. The summed E-state index contributed by atoms with van der Waals surface area (Å²) in [5.74, 6) is 3.09. The molecule has 470 valence electrons. The predicted molar refractivity (Wildman–Crippen MR) is 384 cm³/mol. The van der Waals surface area contributed by atoms with E-state index in [9.17, 15) is 19.1 Å². The molecule has 5 aliphatic rings. The minimum absolute atomic E-state index is 0.0359. The summed E-state index contributed by atoms with van der Waals surface area (Å²) in [6, 6.07) is 28.4. The van der Waals surface area contributed by atoms with Crippen molar-refractivity contribution >= 4 is 104 Å². The SMILES string of the molecule is CC(C)C1=CCc2cc(C(C)(C)O)ccc21.CC(C)C1=CCc2cc3cn[nH]c3cc21.CC(C)C1=CCc2cc3sc(=O)[nH]c3cc21.CC(C)C1=CCc2ccc3[nH]c(=O)sc3c21.CC(C)C1=CCc2ccc3[nH]ncc3c21.CC(C)c1c[nH]c2ccc(F)cc12. The number of allylic oxidation sites excluding steroid dienone is 10. The Morgan fingerprint density at radius 3 is 1.60 bits per heavy atom. The highest BCUT2D eigenvalue weighted by atomic mass is 32.1. The number of aliphatic hydroxyl groups is 1. The summed E-state index contributed by atoms with van der Waals surface area (Å²) in [6.45, 7) is 30.2. The number of hydrogen-bond donors (Lipinski definition) is 6. The summed E-state index contributed by atoms with van der Waals surface area (Å²) in [4.78, 5) is 31.7. The van der Waals surface area contributed by atoms with Crippen molar-refractivity contribution < 1.29 is 9.50 Å². The lowest BCUT2D eigenvalue weighted by molar-refractivity contribution is 0.0785. The Labute approximate surface area is 541 Å². The first-order chi connectivity index (χ1) is 43.4. The Hall–Kier alpha value is -8.23. The van der Waals surface area contributed by atoms with Crippen LogP contribution in [0.15, 0.2) is 143 Å². The van der Waals surface area contributed by atoms with E-state index in [2.05, 4.69) is 203 Å². The topological polar surface area (TPSA) is 159 Å². The van der Waals surface area contributed by atoms with E-state index < -0.39 is 5.60 Å². The first-order valence-corrected chi connectivity index (χ1v) is 33.9. The van der Waals surface area contributed by atoms with Crippen LogP contribution in [0.3, 0.4) is 0 Å². The molecular formula is C78H86FN7O3S2. The number of thiazole rings is 2. The molecule has 0 amide bonds. The van der Waals surface area contributed by atoms with Crippen molar-refractivity contribution in [2.75, 3.05) is 0 Å². The van der Waals surface area contributed by atoms with Gasteiger partial charge in [-0.2, -0.15) is 10.2 Å². The highest BCUT2D eigenvalue weighted by Gasteiger charge is 2.25. The molecule has 0 saturated carbocycles. The number of H-pyrrole nitrogens is 5. The third kappa shape index (κ3) is 13.6. The van der Waals surface area contributed by atoms with Gasteiger partial charge >= 0.3 is 9.75 Å². The fourth-order valence-corrected chi connectivity index (χ4v) is 15.1. The van der Waals surface area contributed by atoms with E-state index >= 15 is 0 Å².